The van der Waals surface area contributed by atoms with Crippen molar-refractivity contribution in [2.75, 3.05) is 0 Å². The van der Waals surface area contributed by atoms with Crippen molar-refractivity contribution < 1.29 is 0 Å². The van der Waals surface area contributed by atoms with Crippen LogP contribution in [0.5, 0.6) is 0 Å². The van der Waals surface area contributed by atoms with Crippen LogP contribution in [0.25, 0.3) is 0 Å². The molecular formula is C11H13Cl2N3S. The van der Waals surface area contributed by atoms with Gasteiger partial charge in [0.25, 0.3) is 0 Å². The molecule has 0 aromatic carbocycles. The molecule has 0 aliphatic heterocycles. The number of aromatic nitrogens is 2. The Balaban J connectivity index is 1.97. The average Bonchev–Trinajstić information content (AvgIpc) is 2.81. The fourth-order valence-corrected chi connectivity index (χ4v) is 3.24. The molecule has 1 unspecified atom stereocenters. The summed E-state index contributed by atoms with van der Waals surface area (Å²) in [6.45, 7) is 2.83. The van der Waals surface area contributed by atoms with Crippen LogP contribution >= 0.6 is 34.5 Å². The molecule has 1 atom stereocenters. The molecule has 6 heteroatoms. The van der Waals surface area contributed by atoms with E-state index in [4.69, 9.17) is 23.2 Å². The Morgan fingerprint density at radius 2 is 2.29 bits per heavy atom. The van der Waals surface area contributed by atoms with E-state index < -0.39 is 0 Å². The van der Waals surface area contributed by atoms with Crippen molar-refractivity contribution in [2.24, 2.45) is 7.05 Å². The summed E-state index contributed by atoms with van der Waals surface area (Å²) >= 11 is 13.4. The summed E-state index contributed by atoms with van der Waals surface area (Å²) in [5.74, 6) is 0. The highest BCUT2D eigenvalue weighted by Gasteiger charge is 2.12. The second kappa shape index (κ2) is 5.40. The SMILES string of the molecule is CC(NCc1cnn(C)c1)c1cc(Cl)sc1Cl. The van der Waals surface area contributed by atoms with E-state index >= 15 is 0 Å². The summed E-state index contributed by atoms with van der Waals surface area (Å²) in [6.07, 6.45) is 3.84. The first-order valence-electron chi connectivity index (χ1n) is 5.22. The van der Waals surface area contributed by atoms with Crippen LogP contribution < -0.4 is 5.32 Å². The molecule has 1 N–H and O–H groups in total. The highest BCUT2D eigenvalue weighted by Crippen LogP contribution is 2.34. The van der Waals surface area contributed by atoms with Crippen LogP contribution in [0.2, 0.25) is 8.67 Å². The summed E-state index contributed by atoms with van der Waals surface area (Å²) in [4.78, 5) is 0. The molecule has 2 heterocycles. The number of nitrogens with zero attached hydrogens (tertiary/aromatic N) is 2. The van der Waals surface area contributed by atoms with E-state index in [2.05, 4.69) is 17.3 Å². The van der Waals surface area contributed by atoms with Crippen molar-refractivity contribution in [3.8, 4) is 0 Å². The lowest BCUT2D eigenvalue weighted by Crippen LogP contribution is -2.17. The van der Waals surface area contributed by atoms with Crippen LogP contribution in [0.15, 0.2) is 18.5 Å². The van der Waals surface area contributed by atoms with Gasteiger partial charge in [-0.2, -0.15) is 5.10 Å². The lowest BCUT2D eigenvalue weighted by Gasteiger charge is -2.12. The molecule has 17 heavy (non-hydrogen) atoms. The minimum Gasteiger partial charge on any atom is -0.306 e. The number of hydrogen-bond donors (Lipinski definition) is 1. The molecule has 0 saturated carbocycles. The monoisotopic (exact) mass is 289 g/mol. The number of hydrogen-bond acceptors (Lipinski definition) is 3. The summed E-state index contributed by atoms with van der Waals surface area (Å²) in [7, 11) is 1.91. The van der Waals surface area contributed by atoms with Crippen molar-refractivity contribution >= 4 is 34.5 Å². The summed E-state index contributed by atoms with van der Waals surface area (Å²) < 4.78 is 3.26. The molecule has 2 rings (SSSR count). The lowest BCUT2D eigenvalue weighted by atomic mass is 10.2. The van der Waals surface area contributed by atoms with Crippen molar-refractivity contribution in [3.05, 3.63) is 38.3 Å². The molecule has 0 aliphatic rings. The van der Waals surface area contributed by atoms with Crippen LogP contribution in [0.1, 0.15) is 24.1 Å². The molecule has 0 amide bonds. The topological polar surface area (TPSA) is 29.9 Å². The van der Waals surface area contributed by atoms with Gasteiger partial charge in [-0.25, -0.2) is 0 Å². The van der Waals surface area contributed by atoms with Crippen LogP contribution in [0.4, 0.5) is 0 Å². The molecule has 0 saturated heterocycles. The predicted octanol–water partition coefficient (Wildman–Crippen LogP) is 3.64. The Labute approximate surface area is 114 Å². The Morgan fingerprint density at radius 3 is 2.82 bits per heavy atom. The van der Waals surface area contributed by atoms with Gasteiger partial charge in [0, 0.05) is 31.4 Å². The van der Waals surface area contributed by atoms with E-state index in [1.165, 1.54) is 11.3 Å². The first kappa shape index (κ1) is 12.9. The Bertz CT molecular complexity index is 507. The van der Waals surface area contributed by atoms with Gasteiger partial charge in [0.1, 0.15) is 0 Å². The minimum atomic E-state index is 0.173. The molecule has 0 radical (unpaired) electrons. The van der Waals surface area contributed by atoms with E-state index in [1.54, 1.807) is 4.68 Å². The maximum Gasteiger partial charge on any atom is 0.0991 e. The fourth-order valence-electron chi connectivity index (χ4n) is 1.59. The fraction of sp³-hybridized carbons (Fsp3) is 0.364. The number of thiophene rings is 1. The number of rotatable bonds is 4. The van der Waals surface area contributed by atoms with Crippen LogP contribution in [-0.4, -0.2) is 9.78 Å². The summed E-state index contributed by atoms with van der Waals surface area (Å²) in [5, 5.41) is 7.51. The standard InChI is InChI=1S/C11H13Cl2N3S/c1-7(9-3-10(12)17-11(9)13)14-4-8-5-15-16(2)6-8/h3,5-7,14H,4H2,1-2H3. The second-order valence-electron chi connectivity index (χ2n) is 3.90. The molecule has 3 nitrogen and oxygen atoms in total. The molecule has 2 aromatic rings. The number of nitrogens with one attached hydrogen (secondary N) is 1. The van der Waals surface area contributed by atoms with Gasteiger partial charge in [0.05, 0.1) is 14.9 Å². The Morgan fingerprint density at radius 1 is 1.53 bits per heavy atom. The third-order valence-corrected chi connectivity index (χ3v) is 4.04. The molecular weight excluding hydrogens is 277 g/mol. The second-order valence-corrected chi connectivity index (χ2v) is 6.19. The third-order valence-electron chi connectivity index (χ3n) is 2.52. The zero-order valence-electron chi connectivity index (χ0n) is 9.58. The molecule has 0 bridgehead atoms. The quantitative estimate of drug-likeness (QED) is 0.931. The summed E-state index contributed by atoms with van der Waals surface area (Å²) in [6, 6.07) is 2.08. The van der Waals surface area contributed by atoms with Gasteiger partial charge >= 0.3 is 0 Å². The van der Waals surface area contributed by atoms with Gasteiger partial charge < -0.3 is 5.32 Å². The van der Waals surface area contributed by atoms with Gasteiger partial charge in [-0.1, -0.05) is 23.2 Å². The predicted molar refractivity (Wildman–Crippen MR) is 72.8 cm³/mol. The van der Waals surface area contributed by atoms with Crippen LogP contribution in [0, 0.1) is 0 Å². The average molecular weight is 290 g/mol. The highest BCUT2D eigenvalue weighted by atomic mass is 35.5. The normalized spacial score (nSPS) is 12.9. The van der Waals surface area contributed by atoms with E-state index in [0.717, 1.165) is 26.3 Å². The Hall–Kier alpha value is -0.550. The Kier molecular flexibility index (Phi) is 4.09. The third kappa shape index (κ3) is 3.22. The number of halogens is 2. The zero-order chi connectivity index (χ0) is 12.4. The highest BCUT2D eigenvalue weighted by molar-refractivity contribution is 7.20. The van der Waals surface area contributed by atoms with Gasteiger partial charge in [-0.05, 0) is 18.6 Å². The summed E-state index contributed by atoms with van der Waals surface area (Å²) in [5.41, 5.74) is 2.20. The minimum absolute atomic E-state index is 0.173. The van der Waals surface area contributed by atoms with Crippen LogP contribution in [0.3, 0.4) is 0 Å². The zero-order valence-corrected chi connectivity index (χ0v) is 11.9. The molecule has 0 fully saturated rings. The molecule has 92 valence electrons. The van der Waals surface area contributed by atoms with Crippen molar-refractivity contribution in [3.63, 3.8) is 0 Å². The van der Waals surface area contributed by atoms with Gasteiger partial charge in [0.2, 0.25) is 0 Å². The molecule has 0 aliphatic carbocycles. The van der Waals surface area contributed by atoms with E-state index in [-0.39, 0.29) is 6.04 Å². The lowest BCUT2D eigenvalue weighted by molar-refractivity contribution is 0.576. The largest absolute Gasteiger partial charge is 0.306 e. The van der Waals surface area contributed by atoms with Crippen molar-refractivity contribution in [1.29, 1.82) is 0 Å². The maximum atomic E-state index is 6.10. The van der Waals surface area contributed by atoms with Crippen molar-refractivity contribution in [2.45, 2.75) is 19.5 Å². The maximum absolute atomic E-state index is 6.10. The van der Waals surface area contributed by atoms with Gasteiger partial charge in [-0.15, -0.1) is 11.3 Å². The first-order chi connectivity index (χ1) is 8.06. The smallest absolute Gasteiger partial charge is 0.0991 e. The van der Waals surface area contributed by atoms with E-state index in [0.29, 0.717) is 0 Å². The van der Waals surface area contributed by atoms with E-state index in [1.807, 2.05) is 25.5 Å². The van der Waals surface area contributed by atoms with Crippen LogP contribution in [-0.2, 0) is 13.6 Å². The van der Waals surface area contributed by atoms with Crippen molar-refractivity contribution in [1.82, 2.24) is 15.1 Å². The molecule has 2 aromatic heterocycles. The van der Waals surface area contributed by atoms with E-state index in [9.17, 15) is 0 Å². The molecule has 0 spiro atoms. The number of aryl methyl sites for hydroxylation is 1. The van der Waals surface area contributed by atoms with Gasteiger partial charge in [-0.3, -0.25) is 4.68 Å². The van der Waals surface area contributed by atoms with Gasteiger partial charge in [0.15, 0.2) is 0 Å². The first-order valence-corrected chi connectivity index (χ1v) is 6.79.